The van der Waals surface area contributed by atoms with Gasteiger partial charge in [0.1, 0.15) is 12.1 Å². The number of unbranched alkanes of at least 4 members (excludes halogenated alkanes) is 2. The molecule has 3 fully saturated rings. The number of ether oxygens (including phenoxy) is 1. The number of cyclic esters (lactones) is 1. The number of carbonyl (C=O) groups is 2. The van der Waals surface area contributed by atoms with Gasteiger partial charge in [-0.15, -0.1) is 0 Å². The molecular weight excluding hydrogens is 420 g/mol. The second-order valence-corrected chi connectivity index (χ2v) is 9.73. The van der Waals surface area contributed by atoms with Crippen molar-refractivity contribution in [2.75, 3.05) is 31.1 Å². The Hall–Kier alpha value is -2.35. The SMILES string of the molecule is CC1C(CCCCCN2CCCCC2C(=O)O)OC(=O)N1C1CCN(c2ccncc2)CC1. The van der Waals surface area contributed by atoms with E-state index in [-0.39, 0.29) is 30.3 Å². The Morgan fingerprint density at radius 2 is 1.85 bits per heavy atom. The maximum Gasteiger partial charge on any atom is 0.410 e. The zero-order valence-corrected chi connectivity index (χ0v) is 19.8. The van der Waals surface area contributed by atoms with Gasteiger partial charge in [0, 0.05) is 37.2 Å². The van der Waals surface area contributed by atoms with Crippen LogP contribution in [0.1, 0.15) is 64.7 Å². The van der Waals surface area contributed by atoms with Gasteiger partial charge in [-0.05, 0) is 77.1 Å². The molecule has 0 radical (unpaired) electrons. The lowest BCUT2D eigenvalue weighted by Gasteiger charge is -2.38. The molecule has 1 aromatic rings. The van der Waals surface area contributed by atoms with Crippen molar-refractivity contribution in [1.29, 1.82) is 0 Å². The van der Waals surface area contributed by atoms with Crippen molar-refractivity contribution in [2.45, 2.75) is 88.9 Å². The van der Waals surface area contributed by atoms with Gasteiger partial charge in [-0.3, -0.25) is 19.6 Å². The summed E-state index contributed by atoms with van der Waals surface area (Å²) in [7, 11) is 0. The fourth-order valence-corrected chi connectivity index (χ4v) is 5.75. The van der Waals surface area contributed by atoms with Crippen molar-refractivity contribution < 1.29 is 19.4 Å². The standard InChI is InChI=1S/C25H38N4O4/c1-19-23(8-3-2-5-15-28-16-6-4-7-22(28)24(30)31)33-25(32)29(19)21-11-17-27(18-12-21)20-9-13-26-14-10-20/h9-10,13-14,19,21-23H,2-8,11-12,15-18H2,1H3,(H,30,31). The third-order valence-corrected chi connectivity index (χ3v) is 7.66. The summed E-state index contributed by atoms with van der Waals surface area (Å²) in [5, 5.41) is 9.41. The average molecular weight is 459 g/mol. The molecule has 4 rings (SSSR count). The van der Waals surface area contributed by atoms with E-state index in [0.29, 0.717) is 0 Å². The number of pyridine rings is 1. The van der Waals surface area contributed by atoms with Gasteiger partial charge < -0.3 is 14.7 Å². The first kappa shape index (κ1) is 23.8. The van der Waals surface area contributed by atoms with Gasteiger partial charge in [-0.25, -0.2) is 4.79 Å². The number of carbonyl (C=O) groups excluding carboxylic acids is 1. The van der Waals surface area contributed by atoms with E-state index in [1.165, 1.54) is 5.69 Å². The van der Waals surface area contributed by atoms with E-state index in [0.717, 1.165) is 84.0 Å². The van der Waals surface area contributed by atoms with E-state index in [1.54, 1.807) is 0 Å². The molecule has 8 nitrogen and oxygen atoms in total. The summed E-state index contributed by atoms with van der Waals surface area (Å²) < 4.78 is 5.77. The van der Waals surface area contributed by atoms with Crippen LogP contribution in [0.25, 0.3) is 0 Å². The Kier molecular flexibility index (Phi) is 8.06. The lowest BCUT2D eigenvalue weighted by Crippen LogP contribution is -2.48. The van der Waals surface area contributed by atoms with Gasteiger partial charge in [0.05, 0.1) is 6.04 Å². The minimum absolute atomic E-state index is 0.0440. The summed E-state index contributed by atoms with van der Waals surface area (Å²) in [5.41, 5.74) is 1.19. The van der Waals surface area contributed by atoms with Crippen LogP contribution in [0.15, 0.2) is 24.5 Å². The van der Waals surface area contributed by atoms with Crippen LogP contribution in [-0.4, -0.2) is 82.4 Å². The van der Waals surface area contributed by atoms with Crippen LogP contribution in [0, 0.1) is 0 Å². The summed E-state index contributed by atoms with van der Waals surface area (Å²) >= 11 is 0. The van der Waals surface area contributed by atoms with Crippen LogP contribution in [-0.2, 0) is 9.53 Å². The molecule has 1 aromatic heterocycles. The molecule has 33 heavy (non-hydrogen) atoms. The number of rotatable bonds is 9. The number of nitrogens with zero attached hydrogens (tertiary/aromatic N) is 4. The molecule has 0 bridgehead atoms. The third kappa shape index (κ3) is 5.78. The van der Waals surface area contributed by atoms with Crippen LogP contribution in [0.2, 0.25) is 0 Å². The molecule has 8 heteroatoms. The number of likely N-dealkylation sites (tertiary alicyclic amines) is 1. The van der Waals surface area contributed by atoms with Crippen molar-refractivity contribution in [3.05, 3.63) is 24.5 Å². The third-order valence-electron chi connectivity index (χ3n) is 7.66. The van der Waals surface area contributed by atoms with Crippen molar-refractivity contribution >= 4 is 17.7 Å². The van der Waals surface area contributed by atoms with Crippen LogP contribution >= 0.6 is 0 Å². The second-order valence-electron chi connectivity index (χ2n) is 9.73. The Labute approximate surface area is 196 Å². The van der Waals surface area contributed by atoms with Crippen LogP contribution in [0.3, 0.4) is 0 Å². The number of carboxylic acids is 1. The number of piperidine rings is 2. The van der Waals surface area contributed by atoms with Gasteiger partial charge in [0.2, 0.25) is 0 Å². The number of amides is 1. The van der Waals surface area contributed by atoms with E-state index in [9.17, 15) is 14.7 Å². The fourth-order valence-electron chi connectivity index (χ4n) is 5.75. The highest BCUT2D eigenvalue weighted by Crippen LogP contribution is 2.31. The summed E-state index contributed by atoms with van der Waals surface area (Å²) in [5.74, 6) is -0.687. The predicted molar refractivity (Wildman–Crippen MR) is 126 cm³/mol. The summed E-state index contributed by atoms with van der Waals surface area (Å²) in [6, 6.07) is 4.11. The second kappa shape index (κ2) is 11.2. The molecule has 3 aliphatic rings. The maximum atomic E-state index is 12.7. The Balaban J connectivity index is 1.18. The van der Waals surface area contributed by atoms with Crippen molar-refractivity contribution in [3.63, 3.8) is 0 Å². The van der Waals surface area contributed by atoms with Crippen LogP contribution < -0.4 is 4.90 Å². The summed E-state index contributed by atoms with van der Waals surface area (Å²) in [6.07, 6.45) is 12.1. The molecule has 3 saturated heterocycles. The van der Waals surface area contributed by atoms with Crippen molar-refractivity contribution in [3.8, 4) is 0 Å². The van der Waals surface area contributed by atoms with Crippen molar-refractivity contribution in [2.24, 2.45) is 0 Å². The Morgan fingerprint density at radius 1 is 1.09 bits per heavy atom. The number of hydrogen-bond acceptors (Lipinski definition) is 6. The minimum Gasteiger partial charge on any atom is -0.480 e. The Bertz CT molecular complexity index is 784. The average Bonchev–Trinajstić information content (AvgIpc) is 3.12. The fraction of sp³-hybridized carbons (Fsp3) is 0.720. The molecule has 0 aromatic carbocycles. The number of anilines is 1. The van der Waals surface area contributed by atoms with Gasteiger partial charge in [0.25, 0.3) is 0 Å². The molecular formula is C25H38N4O4. The molecule has 4 heterocycles. The first-order valence-electron chi connectivity index (χ1n) is 12.7. The zero-order chi connectivity index (χ0) is 23.2. The zero-order valence-electron chi connectivity index (χ0n) is 19.8. The van der Waals surface area contributed by atoms with Gasteiger partial charge in [-0.2, -0.15) is 0 Å². The lowest BCUT2D eigenvalue weighted by atomic mass is 9.98. The molecule has 3 aliphatic heterocycles. The molecule has 0 saturated carbocycles. The maximum absolute atomic E-state index is 12.7. The number of aromatic nitrogens is 1. The molecule has 3 unspecified atom stereocenters. The van der Waals surface area contributed by atoms with Crippen LogP contribution in [0.4, 0.5) is 10.5 Å². The summed E-state index contributed by atoms with van der Waals surface area (Å²) in [4.78, 5) is 34.7. The van der Waals surface area contributed by atoms with Gasteiger partial charge >= 0.3 is 12.1 Å². The van der Waals surface area contributed by atoms with Crippen molar-refractivity contribution in [1.82, 2.24) is 14.8 Å². The van der Waals surface area contributed by atoms with E-state index in [4.69, 9.17) is 4.74 Å². The highest BCUT2D eigenvalue weighted by molar-refractivity contribution is 5.73. The highest BCUT2D eigenvalue weighted by atomic mass is 16.6. The van der Waals surface area contributed by atoms with E-state index in [1.807, 2.05) is 29.4 Å². The van der Waals surface area contributed by atoms with Gasteiger partial charge in [0.15, 0.2) is 0 Å². The summed E-state index contributed by atoms with van der Waals surface area (Å²) in [6.45, 7) is 5.73. The highest BCUT2D eigenvalue weighted by Gasteiger charge is 2.42. The molecule has 182 valence electrons. The number of aliphatic carboxylic acids is 1. The first-order chi connectivity index (χ1) is 16.0. The molecule has 0 aliphatic carbocycles. The normalized spacial score (nSPS) is 27.1. The smallest absolute Gasteiger partial charge is 0.410 e. The number of carboxylic acid groups (broad SMARTS) is 1. The number of hydrogen-bond donors (Lipinski definition) is 1. The van der Waals surface area contributed by atoms with Crippen LogP contribution in [0.5, 0.6) is 0 Å². The monoisotopic (exact) mass is 458 g/mol. The van der Waals surface area contributed by atoms with Gasteiger partial charge in [-0.1, -0.05) is 12.8 Å². The largest absolute Gasteiger partial charge is 0.480 e. The van der Waals surface area contributed by atoms with E-state index >= 15 is 0 Å². The lowest BCUT2D eigenvalue weighted by molar-refractivity contribution is -0.144. The predicted octanol–water partition coefficient (Wildman–Crippen LogP) is 3.76. The quantitative estimate of drug-likeness (QED) is 0.564. The Morgan fingerprint density at radius 3 is 2.58 bits per heavy atom. The molecule has 0 spiro atoms. The first-order valence-corrected chi connectivity index (χ1v) is 12.7. The molecule has 1 amide bonds. The van der Waals surface area contributed by atoms with E-state index in [2.05, 4.69) is 21.7 Å². The topological polar surface area (TPSA) is 86.2 Å². The molecule has 3 atom stereocenters. The minimum atomic E-state index is -0.687. The van der Waals surface area contributed by atoms with E-state index < -0.39 is 5.97 Å². The molecule has 1 N–H and O–H groups in total.